The fourth-order valence-corrected chi connectivity index (χ4v) is 2.15. The second kappa shape index (κ2) is 8.28. The van der Waals surface area contributed by atoms with E-state index in [9.17, 15) is 14.0 Å². The number of hydrogen-bond acceptors (Lipinski definition) is 4. The molecular weight excluding hydrogens is 325 g/mol. The molecule has 132 valence electrons. The molecule has 2 aromatic carbocycles. The molecule has 5 nitrogen and oxygen atoms in total. The molecule has 25 heavy (non-hydrogen) atoms. The minimum absolute atomic E-state index is 0.339. The van der Waals surface area contributed by atoms with Gasteiger partial charge in [0.25, 0.3) is 5.91 Å². The number of hydrogen-bond donors (Lipinski definition) is 1. The van der Waals surface area contributed by atoms with Gasteiger partial charge in [-0.2, -0.15) is 0 Å². The van der Waals surface area contributed by atoms with Crippen LogP contribution in [-0.2, 0) is 14.3 Å². The van der Waals surface area contributed by atoms with Crippen molar-refractivity contribution in [2.24, 2.45) is 0 Å². The smallest absolute Gasteiger partial charge is 0.344 e. The summed E-state index contributed by atoms with van der Waals surface area (Å²) in [5, 5.41) is 2.72. The lowest BCUT2D eigenvalue weighted by molar-refractivity contribution is -0.155. The monoisotopic (exact) mass is 345 g/mol. The van der Waals surface area contributed by atoms with Crippen molar-refractivity contribution in [3.63, 3.8) is 0 Å². The first-order valence-electron chi connectivity index (χ1n) is 7.81. The Bertz CT molecular complexity index is 759. The lowest BCUT2D eigenvalue weighted by Crippen LogP contribution is -2.31. The molecule has 2 aromatic rings. The number of carbonyl (C=O) groups excluding carboxylic acids is 2. The number of esters is 1. The molecule has 1 amide bonds. The molecule has 0 aliphatic rings. The van der Waals surface area contributed by atoms with Crippen molar-refractivity contribution in [1.29, 1.82) is 0 Å². The molecule has 2 rings (SSSR count). The van der Waals surface area contributed by atoms with Crippen LogP contribution in [0.3, 0.4) is 0 Å². The summed E-state index contributed by atoms with van der Waals surface area (Å²) in [5.74, 6) is -1.17. The quantitative estimate of drug-likeness (QED) is 0.815. The number of nitrogens with one attached hydrogen (secondary N) is 1. The summed E-state index contributed by atoms with van der Waals surface area (Å²) < 4.78 is 23.0. The normalized spacial score (nSPS) is 11.5. The topological polar surface area (TPSA) is 64.6 Å². The highest BCUT2D eigenvalue weighted by molar-refractivity contribution is 5.95. The largest absolute Gasteiger partial charge is 0.482 e. The number of benzene rings is 2. The van der Waals surface area contributed by atoms with Crippen LogP contribution < -0.4 is 10.1 Å². The number of rotatable bonds is 6. The van der Waals surface area contributed by atoms with Crippen molar-refractivity contribution in [2.75, 3.05) is 11.9 Å². The maximum atomic E-state index is 12.8. The van der Waals surface area contributed by atoms with Crippen molar-refractivity contribution < 1.29 is 23.5 Å². The van der Waals surface area contributed by atoms with E-state index in [0.29, 0.717) is 11.4 Å². The van der Waals surface area contributed by atoms with E-state index in [1.807, 2.05) is 26.0 Å². The van der Waals surface area contributed by atoms with Crippen LogP contribution in [0, 0.1) is 19.7 Å². The summed E-state index contributed by atoms with van der Waals surface area (Å²) in [6.07, 6.45) is -0.968. The SMILES string of the molecule is Cc1ccc(NC(=O)[C@@H](C)OC(=O)COc2ccc(F)cc2)c(C)c1. The zero-order valence-electron chi connectivity index (χ0n) is 14.3. The van der Waals surface area contributed by atoms with E-state index in [4.69, 9.17) is 9.47 Å². The summed E-state index contributed by atoms with van der Waals surface area (Å²) in [4.78, 5) is 23.9. The first-order chi connectivity index (χ1) is 11.8. The Morgan fingerprint density at radius 2 is 1.80 bits per heavy atom. The third-order valence-electron chi connectivity index (χ3n) is 3.49. The summed E-state index contributed by atoms with van der Waals surface area (Å²) in [6, 6.07) is 10.9. The van der Waals surface area contributed by atoms with E-state index in [1.165, 1.54) is 31.2 Å². The summed E-state index contributed by atoms with van der Waals surface area (Å²) in [6.45, 7) is 4.96. The van der Waals surface area contributed by atoms with Gasteiger partial charge in [0.15, 0.2) is 12.7 Å². The van der Waals surface area contributed by atoms with Gasteiger partial charge in [0, 0.05) is 5.69 Å². The molecule has 0 bridgehead atoms. The van der Waals surface area contributed by atoms with E-state index in [0.717, 1.165) is 11.1 Å². The molecule has 0 radical (unpaired) electrons. The highest BCUT2D eigenvalue weighted by atomic mass is 19.1. The summed E-state index contributed by atoms with van der Waals surface area (Å²) >= 11 is 0. The Morgan fingerprint density at radius 1 is 1.12 bits per heavy atom. The molecule has 0 saturated heterocycles. The first-order valence-corrected chi connectivity index (χ1v) is 7.81. The van der Waals surface area contributed by atoms with Gasteiger partial charge in [-0.05, 0) is 56.7 Å². The number of carbonyl (C=O) groups is 2. The van der Waals surface area contributed by atoms with Crippen molar-refractivity contribution in [3.05, 3.63) is 59.4 Å². The maximum absolute atomic E-state index is 12.8. The first kappa shape index (κ1) is 18.4. The zero-order valence-corrected chi connectivity index (χ0v) is 14.3. The third-order valence-corrected chi connectivity index (χ3v) is 3.49. The van der Waals surface area contributed by atoms with Crippen molar-refractivity contribution in [3.8, 4) is 5.75 Å². The highest BCUT2D eigenvalue weighted by Gasteiger charge is 2.19. The summed E-state index contributed by atoms with van der Waals surface area (Å²) in [5.41, 5.74) is 2.68. The van der Waals surface area contributed by atoms with Gasteiger partial charge in [-0.25, -0.2) is 9.18 Å². The zero-order chi connectivity index (χ0) is 18.4. The van der Waals surface area contributed by atoms with Crippen molar-refractivity contribution in [1.82, 2.24) is 0 Å². The van der Waals surface area contributed by atoms with Crippen LogP contribution in [0.1, 0.15) is 18.1 Å². The number of anilines is 1. The average molecular weight is 345 g/mol. The lowest BCUT2D eigenvalue weighted by atomic mass is 10.1. The number of ether oxygens (including phenoxy) is 2. The standard InChI is InChI=1S/C19H20FNO4/c1-12-4-9-17(13(2)10-12)21-19(23)14(3)25-18(22)11-24-16-7-5-15(20)6-8-16/h4-10,14H,11H2,1-3H3,(H,21,23)/t14-/m1/s1. The van der Waals surface area contributed by atoms with E-state index >= 15 is 0 Å². The molecule has 0 unspecified atom stereocenters. The van der Waals surface area contributed by atoms with E-state index in [2.05, 4.69) is 5.32 Å². The van der Waals surface area contributed by atoms with Crippen LogP contribution in [0.5, 0.6) is 5.75 Å². The molecule has 0 spiro atoms. The Balaban J connectivity index is 1.83. The Kier molecular flexibility index (Phi) is 6.11. The van der Waals surface area contributed by atoms with E-state index < -0.39 is 23.8 Å². The van der Waals surface area contributed by atoms with Crippen molar-refractivity contribution >= 4 is 17.6 Å². The Hall–Kier alpha value is -2.89. The molecule has 0 heterocycles. The lowest BCUT2D eigenvalue weighted by Gasteiger charge is -2.15. The molecule has 0 aliphatic heterocycles. The second-order valence-electron chi connectivity index (χ2n) is 5.68. The number of amides is 1. The molecule has 6 heteroatoms. The molecule has 0 aromatic heterocycles. The minimum atomic E-state index is -0.968. The molecule has 0 saturated carbocycles. The molecule has 0 fully saturated rings. The molecular formula is C19H20FNO4. The molecule has 1 atom stereocenters. The molecule has 1 N–H and O–H groups in total. The summed E-state index contributed by atoms with van der Waals surface area (Å²) in [7, 11) is 0. The third kappa shape index (κ3) is 5.60. The van der Waals surface area contributed by atoms with Crippen LogP contribution >= 0.6 is 0 Å². The molecule has 0 aliphatic carbocycles. The fraction of sp³-hybridized carbons (Fsp3) is 0.263. The predicted molar refractivity (Wildman–Crippen MR) is 92.0 cm³/mol. The highest BCUT2D eigenvalue weighted by Crippen LogP contribution is 2.16. The van der Waals surface area contributed by atoms with Gasteiger partial charge in [0.1, 0.15) is 11.6 Å². The van der Waals surface area contributed by atoms with Crippen LogP contribution in [0.4, 0.5) is 10.1 Å². The van der Waals surface area contributed by atoms with Gasteiger partial charge < -0.3 is 14.8 Å². The fourth-order valence-electron chi connectivity index (χ4n) is 2.15. The van der Waals surface area contributed by atoms with Gasteiger partial charge in [-0.1, -0.05) is 17.7 Å². The number of halogens is 1. The van der Waals surface area contributed by atoms with Gasteiger partial charge in [0.2, 0.25) is 0 Å². The van der Waals surface area contributed by atoms with Crippen LogP contribution in [-0.4, -0.2) is 24.6 Å². The van der Waals surface area contributed by atoms with Crippen LogP contribution in [0.15, 0.2) is 42.5 Å². The van der Waals surface area contributed by atoms with Crippen LogP contribution in [0.2, 0.25) is 0 Å². The van der Waals surface area contributed by atoms with E-state index in [-0.39, 0.29) is 6.61 Å². The Morgan fingerprint density at radius 3 is 2.44 bits per heavy atom. The van der Waals surface area contributed by atoms with Crippen LogP contribution in [0.25, 0.3) is 0 Å². The van der Waals surface area contributed by atoms with Gasteiger partial charge in [-0.3, -0.25) is 4.79 Å². The second-order valence-corrected chi connectivity index (χ2v) is 5.68. The predicted octanol–water partition coefficient (Wildman–Crippen LogP) is 3.39. The average Bonchev–Trinajstić information content (AvgIpc) is 2.56. The maximum Gasteiger partial charge on any atom is 0.344 e. The van der Waals surface area contributed by atoms with Gasteiger partial charge in [0.05, 0.1) is 0 Å². The Labute approximate surface area is 145 Å². The van der Waals surface area contributed by atoms with Gasteiger partial charge in [-0.15, -0.1) is 0 Å². The van der Waals surface area contributed by atoms with Crippen molar-refractivity contribution in [2.45, 2.75) is 26.9 Å². The number of aryl methyl sites for hydroxylation is 2. The minimum Gasteiger partial charge on any atom is -0.482 e. The van der Waals surface area contributed by atoms with Gasteiger partial charge >= 0.3 is 5.97 Å². The van der Waals surface area contributed by atoms with E-state index in [1.54, 1.807) is 6.07 Å².